The Bertz CT molecular complexity index is 1920. The van der Waals surface area contributed by atoms with Crippen molar-refractivity contribution in [2.45, 2.75) is 32.1 Å². The molecule has 10 heteroatoms. The molecule has 6 aromatic rings. The molecule has 0 saturated heterocycles. The number of nitrogens with zero attached hydrogens (tertiary/aromatic N) is 4. The van der Waals surface area contributed by atoms with Crippen LogP contribution in [-0.2, 0) is 4.79 Å². The number of aromatic amines is 2. The largest absolute Gasteiger partial charge is 0.336 e. The van der Waals surface area contributed by atoms with Crippen molar-refractivity contribution >= 4 is 33.5 Å². The van der Waals surface area contributed by atoms with Crippen molar-refractivity contribution in [3.05, 3.63) is 78.8 Å². The van der Waals surface area contributed by atoms with E-state index in [1.165, 1.54) is 18.2 Å². The summed E-state index contributed by atoms with van der Waals surface area (Å²) in [6.07, 6.45) is 9.82. The van der Waals surface area contributed by atoms with Gasteiger partial charge in [-0.2, -0.15) is 5.10 Å². The number of carbonyl (C=O) groups excluding carboxylic acids is 1. The van der Waals surface area contributed by atoms with Gasteiger partial charge in [0.15, 0.2) is 5.82 Å². The number of benzene rings is 2. The Morgan fingerprint density at radius 2 is 1.80 bits per heavy atom. The average Bonchev–Trinajstić information content (AvgIpc) is 3.61. The second-order valence-corrected chi connectivity index (χ2v) is 10.4. The van der Waals surface area contributed by atoms with E-state index >= 15 is 4.39 Å². The van der Waals surface area contributed by atoms with Crippen molar-refractivity contribution in [2.75, 3.05) is 5.32 Å². The number of pyridine rings is 2. The van der Waals surface area contributed by atoms with Gasteiger partial charge in [-0.3, -0.25) is 19.9 Å². The molecule has 1 aliphatic rings. The lowest BCUT2D eigenvalue weighted by Crippen LogP contribution is -2.24. The number of rotatable bonds is 5. The van der Waals surface area contributed by atoms with E-state index in [1.54, 1.807) is 48.9 Å². The number of amides is 1. The molecule has 0 atom stereocenters. The lowest BCUT2D eigenvalue weighted by molar-refractivity contribution is -0.120. The van der Waals surface area contributed by atoms with Gasteiger partial charge in [-0.1, -0.05) is 31.4 Å². The van der Waals surface area contributed by atoms with Crippen molar-refractivity contribution < 1.29 is 13.6 Å². The van der Waals surface area contributed by atoms with Gasteiger partial charge in [0, 0.05) is 46.5 Å². The zero-order valence-corrected chi connectivity index (χ0v) is 21.9. The van der Waals surface area contributed by atoms with Gasteiger partial charge in [0.25, 0.3) is 0 Å². The number of fused-ring (bicyclic) bond motifs is 2. The van der Waals surface area contributed by atoms with Crippen LogP contribution in [0.25, 0.3) is 55.8 Å². The quantitative estimate of drug-likeness (QED) is 0.214. The highest BCUT2D eigenvalue weighted by Gasteiger charge is 2.22. The topological polar surface area (TPSA) is 112 Å². The van der Waals surface area contributed by atoms with Crippen molar-refractivity contribution in [2.24, 2.45) is 5.92 Å². The Labute approximate surface area is 233 Å². The number of carbonyl (C=O) groups is 1. The van der Waals surface area contributed by atoms with Crippen molar-refractivity contribution in [1.82, 2.24) is 30.1 Å². The molecule has 204 valence electrons. The van der Waals surface area contributed by atoms with Crippen LogP contribution in [0.1, 0.15) is 32.1 Å². The summed E-state index contributed by atoms with van der Waals surface area (Å²) >= 11 is 0. The first kappa shape index (κ1) is 25.0. The van der Waals surface area contributed by atoms with E-state index in [9.17, 15) is 9.18 Å². The van der Waals surface area contributed by atoms with Gasteiger partial charge in [-0.25, -0.2) is 13.8 Å². The maximum absolute atomic E-state index is 15.3. The summed E-state index contributed by atoms with van der Waals surface area (Å²) in [6, 6.07) is 12.8. The lowest BCUT2D eigenvalue weighted by Gasteiger charge is -2.20. The molecule has 4 aromatic heterocycles. The first-order chi connectivity index (χ1) is 20.0. The summed E-state index contributed by atoms with van der Waals surface area (Å²) in [6.45, 7) is 0. The van der Waals surface area contributed by atoms with Gasteiger partial charge in [-0.15, -0.1) is 0 Å². The van der Waals surface area contributed by atoms with Crippen LogP contribution < -0.4 is 5.32 Å². The smallest absolute Gasteiger partial charge is 0.227 e. The molecular weight excluding hydrogens is 524 g/mol. The number of hydrogen-bond acceptors (Lipinski definition) is 5. The molecule has 1 aliphatic carbocycles. The summed E-state index contributed by atoms with van der Waals surface area (Å²) in [5, 5.41) is 10.9. The molecule has 41 heavy (non-hydrogen) atoms. The molecule has 2 aromatic carbocycles. The van der Waals surface area contributed by atoms with Gasteiger partial charge in [0.2, 0.25) is 5.91 Å². The molecule has 3 N–H and O–H groups in total. The zero-order chi connectivity index (χ0) is 27.9. The molecule has 7 rings (SSSR count). The predicted octanol–water partition coefficient (Wildman–Crippen LogP) is 7.03. The molecule has 4 heterocycles. The van der Waals surface area contributed by atoms with E-state index < -0.39 is 5.82 Å². The molecule has 0 spiro atoms. The van der Waals surface area contributed by atoms with Gasteiger partial charge < -0.3 is 10.3 Å². The maximum Gasteiger partial charge on any atom is 0.227 e. The second kappa shape index (κ2) is 10.2. The van der Waals surface area contributed by atoms with Crippen LogP contribution in [0.2, 0.25) is 0 Å². The van der Waals surface area contributed by atoms with Crippen LogP contribution >= 0.6 is 0 Å². The fourth-order valence-electron chi connectivity index (χ4n) is 5.60. The van der Waals surface area contributed by atoms with E-state index in [0.717, 1.165) is 32.1 Å². The molecule has 0 aliphatic heterocycles. The van der Waals surface area contributed by atoms with Crippen LogP contribution in [0.3, 0.4) is 0 Å². The van der Waals surface area contributed by atoms with Crippen molar-refractivity contribution in [1.29, 1.82) is 0 Å². The minimum absolute atomic E-state index is 0.00517. The van der Waals surface area contributed by atoms with Gasteiger partial charge in [0.1, 0.15) is 22.8 Å². The number of halogens is 2. The van der Waals surface area contributed by atoms with Crippen LogP contribution in [0.15, 0.2) is 67.1 Å². The van der Waals surface area contributed by atoms with E-state index in [2.05, 4.69) is 30.5 Å². The predicted molar refractivity (Wildman–Crippen MR) is 153 cm³/mol. The molecular formula is C31H25F2N7O. The third-order valence-corrected chi connectivity index (χ3v) is 7.67. The van der Waals surface area contributed by atoms with Gasteiger partial charge in [0.05, 0.1) is 28.6 Å². The van der Waals surface area contributed by atoms with Crippen molar-refractivity contribution in [3.63, 3.8) is 0 Å². The van der Waals surface area contributed by atoms with E-state index in [0.29, 0.717) is 61.5 Å². The number of aromatic nitrogens is 6. The van der Waals surface area contributed by atoms with Crippen LogP contribution in [0.4, 0.5) is 14.5 Å². The standard InChI is InChI=1S/C31H25F2N7O/c32-20-8-4-7-18(11-20)27-29-25(9-10-35-27)37-30(38-29)28-23-13-22(24(33)14-26(23)39-40-28)19-12-21(16-34-15-19)36-31(41)17-5-2-1-3-6-17/h4,7-17H,1-3,5-6H2,(H,36,41)(H,37,38)(H,39,40). The summed E-state index contributed by atoms with van der Waals surface area (Å²) in [7, 11) is 0. The van der Waals surface area contributed by atoms with E-state index in [4.69, 9.17) is 4.98 Å². The van der Waals surface area contributed by atoms with E-state index in [1.807, 2.05) is 0 Å². The monoisotopic (exact) mass is 549 g/mol. The lowest BCUT2D eigenvalue weighted by atomic mass is 9.88. The Morgan fingerprint density at radius 1 is 0.927 bits per heavy atom. The van der Waals surface area contributed by atoms with Crippen molar-refractivity contribution in [3.8, 4) is 33.9 Å². The number of H-pyrrole nitrogens is 2. The first-order valence-electron chi connectivity index (χ1n) is 13.6. The fourth-order valence-corrected chi connectivity index (χ4v) is 5.60. The normalized spacial score (nSPS) is 14.1. The SMILES string of the molecule is O=C(Nc1cncc(-c2cc3c(-c4nc5c(-c6cccc(F)c6)nccc5[nH]4)n[nH]c3cc2F)c1)C1CCCCC1. The highest BCUT2D eigenvalue weighted by molar-refractivity contribution is 5.98. The highest BCUT2D eigenvalue weighted by Crippen LogP contribution is 2.34. The summed E-state index contributed by atoms with van der Waals surface area (Å²) in [5.74, 6) is -0.381. The number of nitrogens with one attached hydrogen (secondary N) is 3. The molecule has 0 unspecified atom stereocenters. The Morgan fingerprint density at radius 3 is 2.66 bits per heavy atom. The zero-order valence-electron chi connectivity index (χ0n) is 21.9. The average molecular weight is 550 g/mol. The molecule has 0 bridgehead atoms. The summed E-state index contributed by atoms with van der Waals surface area (Å²) < 4.78 is 29.2. The Kier molecular flexibility index (Phi) is 6.22. The number of hydrogen-bond donors (Lipinski definition) is 3. The number of anilines is 1. The third-order valence-electron chi connectivity index (χ3n) is 7.67. The summed E-state index contributed by atoms with van der Waals surface area (Å²) in [4.78, 5) is 29.5. The molecule has 1 saturated carbocycles. The highest BCUT2D eigenvalue weighted by atomic mass is 19.1. The molecule has 1 amide bonds. The molecule has 0 radical (unpaired) electrons. The van der Waals surface area contributed by atoms with Gasteiger partial charge >= 0.3 is 0 Å². The third kappa shape index (κ3) is 4.71. The first-order valence-corrected chi connectivity index (χ1v) is 13.6. The second-order valence-electron chi connectivity index (χ2n) is 10.4. The van der Waals surface area contributed by atoms with Crippen LogP contribution in [-0.4, -0.2) is 36.0 Å². The summed E-state index contributed by atoms with van der Waals surface area (Å²) in [5.41, 5.74) is 4.79. The maximum atomic E-state index is 15.3. The van der Waals surface area contributed by atoms with Crippen LogP contribution in [0.5, 0.6) is 0 Å². The van der Waals surface area contributed by atoms with E-state index in [-0.39, 0.29) is 17.6 Å². The Hall–Kier alpha value is -4.99. The van der Waals surface area contributed by atoms with Crippen LogP contribution in [0, 0.1) is 17.6 Å². The number of imidazole rings is 1. The molecule has 8 nitrogen and oxygen atoms in total. The Balaban J connectivity index is 1.25. The molecule has 1 fully saturated rings. The minimum atomic E-state index is -0.451. The van der Waals surface area contributed by atoms with Gasteiger partial charge in [-0.05, 0) is 43.2 Å². The minimum Gasteiger partial charge on any atom is -0.336 e. The fraction of sp³-hybridized carbons (Fsp3) is 0.194.